The van der Waals surface area contributed by atoms with Crippen molar-refractivity contribution in [3.8, 4) is 0 Å². The quantitative estimate of drug-likeness (QED) is 0.916. The van der Waals surface area contributed by atoms with Crippen LogP contribution in [0.4, 0.5) is 5.82 Å². The van der Waals surface area contributed by atoms with Crippen molar-refractivity contribution in [2.45, 2.75) is 26.1 Å². The molecule has 1 aliphatic heterocycles. The van der Waals surface area contributed by atoms with E-state index in [2.05, 4.69) is 15.0 Å². The lowest BCUT2D eigenvalue weighted by Gasteiger charge is -2.28. The van der Waals surface area contributed by atoms with E-state index >= 15 is 0 Å². The number of aliphatic hydroxyl groups excluding tert-OH is 1. The Morgan fingerprint density at radius 2 is 2.13 bits per heavy atom. The summed E-state index contributed by atoms with van der Waals surface area (Å²) < 4.78 is 1.92. The molecule has 0 saturated carbocycles. The normalized spacial score (nSPS) is 15.2. The summed E-state index contributed by atoms with van der Waals surface area (Å²) in [5, 5.41) is 14.1. The van der Waals surface area contributed by atoms with Crippen molar-refractivity contribution in [2.75, 3.05) is 25.5 Å². The molecular weight excluding hydrogens is 294 g/mol. The SMILES string of the molecule is C[C@H](O)c1cc2n(n1)CCN(c1cccc(C(=O)N(C)C)n1)C2. The summed E-state index contributed by atoms with van der Waals surface area (Å²) >= 11 is 0. The Morgan fingerprint density at radius 1 is 1.35 bits per heavy atom. The molecule has 0 radical (unpaired) electrons. The number of aromatic nitrogens is 3. The smallest absolute Gasteiger partial charge is 0.272 e. The van der Waals surface area contributed by atoms with E-state index in [0.29, 0.717) is 17.9 Å². The maximum absolute atomic E-state index is 12.1. The van der Waals surface area contributed by atoms with Gasteiger partial charge in [0, 0.05) is 20.6 Å². The fourth-order valence-corrected chi connectivity index (χ4v) is 2.64. The number of hydrogen-bond donors (Lipinski definition) is 1. The van der Waals surface area contributed by atoms with Crippen molar-refractivity contribution < 1.29 is 9.90 Å². The highest BCUT2D eigenvalue weighted by atomic mass is 16.3. The van der Waals surface area contributed by atoms with Crippen LogP contribution in [0, 0.1) is 0 Å². The van der Waals surface area contributed by atoms with E-state index in [4.69, 9.17) is 0 Å². The van der Waals surface area contributed by atoms with E-state index < -0.39 is 6.10 Å². The van der Waals surface area contributed by atoms with Crippen LogP contribution in [0.2, 0.25) is 0 Å². The van der Waals surface area contributed by atoms with Gasteiger partial charge in [0.25, 0.3) is 5.91 Å². The van der Waals surface area contributed by atoms with Crippen LogP contribution in [0.3, 0.4) is 0 Å². The second-order valence-electron chi connectivity index (χ2n) is 5.96. The summed E-state index contributed by atoms with van der Waals surface area (Å²) in [7, 11) is 3.43. The molecule has 7 nitrogen and oxygen atoms in total. The highest BCUT2D eigenvalue weighted by Gasteiger charge is 2.21. The molecule has 1 aliphatic rings. The number of anilines is 1. The first kappa shape index (κ1) is 15.5. The molecule has 1 amide bonds. The number of nitrogens with zero attached hydrogens (tertiary/aromatic N) is 5. The van der Waals surface area contributed by atoms with Crippen LogP contribution >= 0.6 is 0 Å². The van der Waals surface area contributed by atoms with E-state index in [0.717, 1.165) is 24.6 Å². The Labute approximate surface area is 135 Å². The van der Waals surface area contributed by atoms with Crippen molar-refractivity contribution in [3.63, 3.8) is 0 Å². The number of fused-ring (bicyclic) bond motifs is 1. The molecule has 3 heterocycles. The summed E-state index contributed by atoms with van der Waals surface area (Å²) in [4.78, 5) is 20.2. The Hall–Kier alpha value is -2.41. The van der Waals surface area contributed by atoms with Crippen molar-refractivity contribution in [1.82, 2.24) is 19.7 Å². The minimum Gasteiger partial charge on any atom is -0.387 e. The van der Waals surface area contributed by atoms with Crippen molar-refractivity contribution >= 4 is 11.7 Å². The van der Waals surface area contributed by atoms with Gasteiger partial charge in [-0.15, -0.1) is 0 Å². The Bertz CT molecular complexity index is 723. The number of carbonyl (C=O) groups is 1. The largest absolute Gasteiger partial charge is 0.387 e. The van der Waals surface area contributed by atoms with Gasteiger partial charge in [0.1, 0.15) is 11.5 Å². The highest BCUT2D eigenvalue weighted by Crippen LogP contribution is 2.22. The maximum atomic E-state index is 12.1. The molecule has 122 valence electrons. The molecule has 0 spiro atoms. The van der Waals surface area contributed by atoms with E-state index in [1.54, 1.807) is 27.1 Å². The monoisotopic (exact) mass is 315 g/mol. The Balaban J connectivity index is 1.83. The standard InChI is InChI=1S/C16H21N5O2/c1-11(22)14-9-12-10-20(7-8-21(12)18-14)15-6-4-5-13(17-15)16(23)19(2)3/h4-6,9,11,22H,7-8,10H2,1-3H3/t11-/m0/s1. The molecule has 1 N–H and O–H groups in total. The first-order valence-electron chi connectivity index (χ1n) is 7.64. The minimum atomic E-state index is -0.569. The van der Waals surface area contributed by atoms with Gasteiger partial charge in [0.2, 0.25) is 0 Å². The lowest BCUT2D eigenvalue weighted by atomic mass is 10.2. The Kier molecular flexibility index (Phi) is 4.04. The summed E-state index contributed by atoms with van der Waals surface area (Å²) in [5.41, 5.74) is 2.17. The predicted octanol–water partition coefficient (Wildman–Crippen LogP) is 1.05. The van der Waals surface area contributed by atoms with E-state index in [-0.39, 0.29) is 5.91 Å². The molecule has 7 heteroatoms. The first-order valence-corrected chi connectivity index (χ1v) is 7.64. The molecule has 0 bridgehead atoms. The van der Waals surface area contributed by atoms with Gasteiger partial charge in [0.05, 0.1) is 30.6 Å². The zero-order valence-corrected chi connectivity index (χ0v) is 13.6. The third-order valence-corrected chi connectivity index (χ3v) is 3.93. The Morgan fingerprint density at radius 3 is 2.83 bits per heavy atom. The van der Waals surface area contributed by atoms with Gasteiger partial charge in [-0.3, -0.25) is 9.48 Å². The van der Waals surface area contributed by atoms with Gasteiger partial charge < -0.3 is 14.9 Å². The lowest BCUT2D eigenvalue weighted by molar-refractivity contribution is 0.0822. The molecule has 1 atom stereocenters. The molecule has 0 saturated heterocycles. The average Bonchev–Trinajstić information content (AvgIpc) is 2.97. The third kappa shape index (κ3) is 3.05. The van der Waals surface area contributed by atoms with Crippen molar-refractivity contribution in [2.24, 2.45) is 0 Å². The van der Waals surface area contributed by atoms with Crippen LogP contribution in [-0.2, 0) is 13.1 Å². The predicted molar refractivity (Wildman–Crippen MR) is 86.2 cm³/mol. The summed E-state index contributed by atoms with van der Waals surface area (Å²) in [6, 6.07) is 7.41. The zero-order chi connectivity index (χ0) is 16.6. The molecule has 2 aromatic heterocycles. The van der Waals surface area contributed by atoms with E-state index in [1.807, 2.05) is 22.9 Å². The van der Waals surface area contributed by atoms with Crippen LogP contribution in [0.15, 0.2) is 24.3 Å². The number of aliphatic hydroxyl groups is 1. The molecular formula is C16H21N5O2. The molecule has 0 unspecified atom stereocenters. The van der Waals surface area contributed by atoms with Gasteiger partial charge in [-0.25, -0.2) is 4.98 Å². The van der Waals surface area contributed by atoms with Crippen molar-refractivity contribution in [1.29, 1.82) is 0 Å². The van der Waals surface area contributed by atoms with Gasteiger partial charge in [0.15, 0.2) is 0 Å². The van der Waals surface area contributed by atoms with E-state index in [1.165, 1.54) is 4.90 Å². The number of carbonyl (C=O) groups excluding carboxylic acids is 1. The third-order valence-electron chi connectivity index (χ3n) is 3.93. The van der Waals surface area contributed by atoms with Crippen molar-refractivity contribution in [3.05, 3.63) is 41.3 Å². The topological polar surface area (TPSA) is 74.5 Å². The van der Waals surface area contributed by atoms with Crippen LogP contribution < -0.4 is 4.90 Å². The number of pyridine rings is 1. The number of hydrogen-bond acceptors (Lipinski definition) is 5. The lowest BCUT2D eigenvalue weighted by Crippen LogP contribution is -2.34. The second-order valence-corrected chi connectivity index (χ2v) is 5.96. The van der Waals surface area contributed by atoms with Gasteiger partial charge in [-0.05, 0) is 25.1 Å². The van der Waals surface area contributed by atoms with Crippen LogP contribution in [0.25, 0.3) is 0 Å². The first-order chi connectivity index (χ1) is 11.0. The molecule has 0 aromatic carbocycles. The molecule has 23 heavy (non-hydrogen) atoms. The number of rotatable bonds is 3. The summed E-state index contributed by atoms with van der Waals surface area (Å²) in [6.45, 7) is 3.87. The minimum absolute atomic E-state index is 0.106. The second kappa shape index (κ2) is 6.00. The highest BCUT2D eigenvalue weighted by molar-refractivity contribution is 5.92. The zero-order valence-electron chi connectivity index (χ0n) is 13.6. The summed E-state index contributed by atoms with van der Waals surface area (Å²) in [6.07, 6.45) is -0.569. The van der Waals surface area contributed by atoms with Crippen LogP contribution in [0.1, 0.15) is 34.9 Å². The molecule has 2 aromatic rings. The molecule has 0 aliphatic carbocycles. The summed E-state index contributed by atoms with van der Waals surface area (Å²) in [5.74, 6) is 0.675. The fraction of sp³-hybridized carbons (Fsp3) is 0.438. The van der Waals surface area contributed by atoms with Crippen LogP contribution in [0.5, 0.6) is 0 Å². The van der Waals surface area contributed by atoms with Gasteiger partial charge >= 0.3 is 0 Å². The molecule has 3 rings (SSSR count). The van der Waals surface area contributed by atoms with Crippen LogP contribution in [-0.4, -0.2) is 51.3 Å². The van der Waals surface area contributed by atoms with Gasteiger partial charge in [-0.1, -0.05) is 6.07 Å². The van der Waals surface area contributed by atoms with E-state index in [9.17, 15) is 9.90 Å². The number of amides is 1. The molecule has 0 fully saturated rings. The fourth-order valence-electron chi connectivity index (χ4n) is 2.64. The average molecular weight is 315 g/mol. The maximum Gasteiger partial charge on any atom is 0.272 e. The van der Waals surface area contributed by atoms with Gasteiger partial charge in [-0.2, -0.15) is 5.10 Å².